The van der Waals surface area contributed by atoms with Crippen molar-refractivity contribution in [3.05, 3.63) is 42.2 Å². The molecule has 118 valence electrons. The van der Waals surface area contributed by atoms with Gasteiger partial charge in [-0.25, -0.2) is 8.42 Å². The first-order valence-corrected chi connectivity index (χ1v) is 8.42. The number of hydrogen-bond acceptors (Lipinski definition) is 5. The maximum absolute atomic E-state index is 11.3. The van der Waals surface area contributed by atoms with Crippen molar-refractivity contribution in [2.24, 2.45) is 0 Å². The number of sulfonamides is 1. The summed E-state index contributed by atoms with van der Waals surface area (Å²) in [7, 11) is -0.172. The van der Waals surface area contributed by atoms with E-state index in [1.165, 1.54) is 7.11 Å². The second-order valence-corrected chi connectivity index (χ2v) is 6.50. The number of anilines is 1. The predicted octanol–water partition coefficient (Wildman–Crippen LogP) is 2.28. The maximum atomic E-state index is 11.3. The Hall–Kier alpha value is -2.12. The molecule has 1 heterocycles. The lowest BCUT2D eigenvalue weighted by Gasteiger charge is -2.14. The predicted molar refractivity (Wildman–Crippen MR) is 85.4 cm³/mol. The van der Waals surface area contributed by atoms with Gasteiger partial charge in [-0.3, -0.25) is 9.71 Å². The minimum absolute atomic E-state index is 0.445. The van der Waals surface area contributed by atoms with Gasteiger partial charge in [-0.2, -0.15) is 0 Å². The van der Waals surface area contributed by atoms with Crippen LogP contribution >= 0.6 is 0 Å². The van der Waals surface area contributed by atoms with Crippen LogP contribution in [0.3, 0.4) is 0 Å². The summed E-state index contributed by atoms with van der Waals surface area (Å²) < 4.78 is 35.6. The summed E-state index contributed by atoms with van der Waals surface area (Å²) in [5, 5.41) is 0. The van der Waals surface area contributed by atoms with E-state index in [1.54, 1.807) is 37.7 Å². The Kier molecular flexibility index (Phi) is 4.99. The van der Waals surface area contributed by atoms with Gasteiger partial charge in [0, 0.05) is 36.7 Å². The molecule has 0 aliphatic rings. The summed E-state index contributed by atoms with van der Waals surface area (Å²) in [6, 6.07) is 6.99. The number of ether oxygens (including phenoxy) is 2. The first kappa shape index (κ1) is 16.3. The number of pyridine rings is 1. The van der Waals surface area contributed by atoms with Gasteiger partial charge < -0.3 is 9.47 Å². The van der Waals surface area contributed by atoms with E-state index in [2.05, 4.69) is 9.71 Å². The standard InChI is InChI=1S/C15H18N2O4S/c1-20-10-11-6-7-16-9-14(11)13-5-4-12(8-15(13)21-2)17-22(3,18)19/h4-9,17H,10H2,1-3H3. The Labute approximate surface area is 130 Å². The molecule has 6 nitrogen and oxygen atoms in total. The third kappa shape index (κ3) is 3.96. The van der Waals surface area contributed by atoms with Crippen LogP contribution in [-0.4, -0.2) is 33.9 Å². The minimum Gasteiger partial charge on any atom is -0.496 e. The molecule has 0 spiro atoms. The van der Waals surface area contributed by atoms with Crippen LogP contribution in [0.2, 0.25) is 0 Å². The molecule has 0 bridgehead atoms. The number of nitrogens with one attached hydrogen (secondary N) is 1. The van der Waals surface area contributed by atoms with Gasteiger partial charge >= 0.3 is 0 Å². The summed E-state index contributed by atoms with van der Waals surface area (Å²) in [6.45, 7) is 0.449. The van der Waals surface area contributed by atoms with E-state index >= 15 is 0 Å². The Balaban J connectivity index is 2.48. The number of aromatic nitrogens is 1. The first-order valence-electron chi connectivity index (χ1n) is 6.52. The highest BCUT2D eigenvalue weighted by Gasteiger charge is 2.12. The SMILES string of the molecule is COCc1ccncc1-c1ccc(NS(C)(=O)=O)cc1OC. The van der Waals surface area contributed by atoms with Crippen LogP contribution in [0.25, 0.3) is 11.1 Å². The lowest BCUT2D eigenvalue weighted by molar-refractivity contribution is 0.185. The molecule has 0 aliphatic heterocycles. The van der Waals surface area contributed by atoms with Crippen LogP contribution in [0.4, 0.5) is 5.69 Å². The largest absolute Gasteiger partial charge is 0.496 e. The van der Waals surface area contributed by atoms with Crippen LogP contribution in [0.1, 0.15) is 5.56 Å². The molecule has 1 aromatic carbocycles. The van der Waals surface area contributed by atoms with E-state index in [1.807, 2.05) is 6.07 Å². The second-order valence-electron chi connectivity index (χ2n) is 4.76. The highest BCUT2D eigenvalue weighted by Crippen LogP contribution is 2.34. The van der Waals surface area contributed by atoms with Crippen molar-refractivity contribution in [2.45, 2.75) is 6.61 Å². The van der Waals surface area contributed by atoms with Crippen molar-refractivity contribution in [1.29, 1.82) is 0 Å². The molecule has 0 fully saturated rings. The fourth-order valence-electron chi connectivity index (χ4n) is 2.14. The van der Waals surface area contributed by atoms with E-state index in [4.69, 9.17) is 9.47 Å². The Bertz CT molecular complexity index is 760. The number of methoxy groups -OCH3 is 2. The second kappa shape index (κ2) is 6.76. The fraction of sp³-hybridized carbons (Fsp3) is 0.267. The average Bonchev–Trinajstić information content (AvgIpc) is 2.46. The number of nitrogens with zero attached hydrogens (tertiary/aromatic N) is 1. The normalized spacial score (nSPS) is 11.2. The average molecular weight is 322 g/mol. The molecular formula is C15H18N2O4S. The maximum Gasteiger partial charge on any atom is 0.229 e. The van der Waals surface area contributed by atoms with Crippen molar-refractivity contribution >= 4 is 15.7 Å². The molecule has 22 heavy (non-hydrogen) atoms. The molecule has 0 unspecified atom stereocenters. The molecule has 0 atom stereocenters. The van der Waals surface area contributed by atoms with Crippen LogP contribution in [0, 0.1) is 0 Å². The summed E-state index contributed by atoms with van der Waals surface area (Å²) >= 11 is 0. The van der Waals surface area contributed by atoms with E-state index in [0.717, 1.165) is 22.9 Å². The Morgan fingerprint density at radius 3 is 2.59 bits per heavy atom. The third-order valence-corrected chi connectivity index (χ3v) is 3.61. The van der Waals surface area contributed by atoms with E-state index < -0.39 is 10.0 Å². The van der Waals surface area contributed by atoms with Gasteiger partial charge in [0.25, 0.3) is 0 Å². The molecule has 7 heteroatoms. The molecule has 1 N–H and O–H groups in total. The van der Waals surface area contributed by atoms with Gasteiger partial charge in [0.1, 0.15) is 5.75 Å². The van der Waals surface area contributed by atoms with Crippen molar-refractivity contribution < 1.29 is 17.9 Å². The zero-order chi connectivity index (χ0) is 16.2. The number of rotatable bonds is 6. The fourth-order valence-corrected chi connectivity index (χ4v) is 2.69. The highest BCUT2D eigenvalue weighted by atomic mass is 32.2. The third-order valence-electron chi connectivity index (χ3n) is 3.01. The molecule has 2 aromatic rings. The molecule has 2 rings (SSSR count). The van der Waals surface area contributed by atoms with Gasteiger partial charge in [0.2, 0.25) is 10.0 Å². The minimum atomic E-state index is -3.33. The van der Waals surface area contributed by atoms with Crippen molar-refractivity contribution in [2.75, 3.05) is 25.2 Å². The van der Waals surface area contributed by atoms with Gasteiger partial charge in [-0.1, -0.05) is 0 Å². The van der Waals surface area contributed by atoms with Crippen LogP contribution in [0.15, 0.2) is 36.7 Å². The molecular weight excluding hydrogens is 304 g/mol. The lowest BCUT2D eigenvalue weighted by atomic mass is 10.0. The first-order chi connectivity index (χ1) is 10.4. The molecule has 0 amide bonds. The topological polar surface area (TPSA) is 77.5 Å². The smallest absolute Gasteiger partial charge is 0.229 e. The van der Waals surface area contributed by atoms with E-state index in [0.29, 0.717) is 18.0 Å². The highest BCUT2D eigenvalue weighted by molar-refractivity contribution is 7.92. The molecule has 0 radical (unpaired) electrons. The van der Waals surface area contributed by atoms with Crippen molar-refractivity contribution in [3.63, 3.8) is 0 Å². The van der Waals surface area contributed by atoms with Crippen molar-refractivity contribution in [3.8, 4) is 16.9 Å². The van der Waals surface area contributed by atoms with Crippen LogP contribution in [-0.2, 0) is 21.4 Å². The lowest BCUT2D eigenvalue weighted by Crippen LogP contribution is -2.09. The quantitative estimate of drug-likeness (QED) is 0.883. The summed E-state index contributed by atoms with van der Waals surface area (Å²) in [6.07, 6.45) is 4.53. The Morgan fingerprint density at radius 2 is 1.95 bits per heavy atom. The number of benzene rings is 1. The zero-order valence-corrected chi connectivity index (χ0v) is 13.5. The van der Waals surface area contributed by atoms with Crippen molar-refractivity contribution in [1.82, 2.24) is 4.98 Å². The zero-order valence-electron chi connectivity index (χ0n) is 12.7. The molecule has 0 aliphatic carbocycles. The van der Waals surface area contributed by atoms with E-state index in [9.17, 15) is 8.42 Å². The summed E-state index contributed by atoms with van der Waals surface area (Å²) in [4.78, 5) is 4.14. The van der Waals surface area contributed by atoms with Crippen LogP contribution < -0.4 is 9.46 Å². The van der Waals surface area contributed by atoms with Gasteiger partial charge in [0.05, 0.1) is 25.7 Å². The summed E-state index contributed by atoms with van der Waals surface area (Å²) in [5.74, 6) is 0.555. The molecule has 0 saturated heterocycles. The molecule has 1 aromatic heterocycles. The van der Waals surface area contributed by atoms with Gasteiger partial charge in [-0.15, -0.1) is 0 Å². The van der Waals surface area contributed by atoms with Gasteiger partial charge in [-0.05, 0) is 23.8 Å². The summed E-state index contributed by atoms with van der Waals surface area (Å²) in [5.41, 5.74) is 3.12. The van der Waals surface area contributed by atoms with E-state index in [-0.39, 0.29) is 0 Å². The van der Waals surface area contributed by atoms with Gasteiger partial charge in [0.15, 0.2) is 0 Å². The number of hydrogen-bond donors (Lipinski definition) is 1. The Morgan fingerprint density at radius 1 is 1.18 bits per heavy atom. The molecule has 0 saturated carbocycles. The monoisotopic (exact) mass is 322 g/mol. The van der Waals surface area contributed by atoms with Crippen LogP contribution in [0.5, 0.6) is 5.75 Å².